The zero-order valence-electron chi connectivity index (χ0n) is 13.4. The van der Waals surface area contributed by atoms with Crippen LogP contribution in [-0.4, -0.2) is 23.0 Å². The monoisotopic (exact) mass is 358 g/mol. The van der Waals surface area contributed by atoms with E-state index in [9.17, 15) is 9.59 Å². The fourth-order valence-corrected chi connectivity index (χ4v) is 2.46. The molecular formula is C18H15ClN2O4. The Hall–Kier alpha value is -2.86. The summed E-state index contributed by atoms with van der Waals surface area (Å²) in [5.74, 6) is -1.05. The molecule has 7 heteroatoms. The van der Waals surface area contributed by atoms with Gasteiger partial charge in [0.05, 0.1) is 16.3 Å². The number of carbonyl (C=O) groups is 2. The maximum Gasteiger partial charge on any atom is 0.339 e. The molecule has 3 rings (SSSR count). The molecule has 1 heterocycles. The molecule has 1 amide bonds. The van der Waals surface area contributed by atoms with E-state index in [1.54, 1.807) is 43.3 Å². The van der Waals surface area contributed by atoms with E-state index < -0.39 is 18.0 Å². The molecule has 3 aromatic rings. The number of fused-ring (bicyclic) bond motifs is 1. The number of halogens is 1. The summed E-state index contributed by atoms with van der Waals surface area (Å²) in [5.41, 5.74) is 1.86. The van der Waals surface area contributed by atoms with Crippen LogP contribution in [-0.2, 0) is 9.53 Å². The fourth-order valence-electron chi connectivity index (χ4n) is 2.28. The van der Waals surface area contributed by atoms with Crippen molar-refractivity contribution in [1.29, 1.82) is 0 Å². The van der Waals surface area contributed by atoms with Gasteiger partial charge in [0.2, 0.25) is 0 Å². The Labute approximate surface area is 148 Å². The van der Waals surface area contributed by atoms with Crippen molar-refractivity contribution >= 4 is 40.3 Å². The van der Waals surface area contributed by atoms with Gasteiger partial charge in [0.1, 0.15) is 5.52 Å². The van der Waals surface area contributed by atoms with Crippen LogP contribution in [0.3, 0.4) is 0 Å². The zero-order valence-corrected chi connectivity index (χ0v) is 14.1. The van der Waals surface area contributed by atoms with E-state index in [2.05, 4.69) is 10.3 Å². The van der Waals surface area contributed by atoms with Gasteiger partial charge in [-0.25, -0.2) is 9.78 Å². The summed E-state index contributed by atoms with van der Waals surface area (Å²) in [5, 5.41) is 3.08. The number of hydrogen-bond acceptors (Lipinski definition) is 5. The molecule has 1 atom stereocenters. The molecule has 6 nitrogen and oxygen atoms in total. The average molecular weight is 359 g/mol. The predicted octanol–water partition coefficient (Wildman–Crippen LogP) is 4.06. The maximum atomic E-state index is 12.4. The van der Waals surface area contributed by atoms with Gasteiger partial charge < -0.3 is 14.5 Å². The first-order chi connectivity index (χ1) is 12.1. The van der Waals surface area contributed by atoms with Gasteiger partial charge in [-0.3, -0.25) is 4.79 Å². The number of nitrogens with zero attached hydrogens (tertiary/aromatic N) is 1. The van der Waals surface area contributed by atoms with Crippen LogP contribution in [0.15, 0.2) is 53.3 Å². The first-order valence-electron chi connectivity index (χ1n) is 7.68. The van der Waals surface area contributed by atoms with Crippen molar-refractivity contribution in [2.75, 3.05) is 5.32 Å². The van der Waals surface area contributed by atoms with Crippen molar-refractivity contribution < 1.29 is 18.7 Å². The Morgan fingerprint density at radius 1 is 1.28 bits per heavy atom. The van der Waals surface area contributed by atoms with E-state index in [0.717, 1.165) is 0 Å². The highest BCUT2D eigenvalue weighted by molar-refractivity contribution is 6.33. The van der Waals surface area contributed by atoms with Crippen LogP contribution in [0.25, 0.3) is 11.1 Å². The van der Waals surface area contributed by atoms with Gasteiger partial charge in [0, 0.05) is 0 Å². The number of amides is 1. The van der Waals surface area contributed by atoms with Gasteiger partial charge in [-0.2, -0.15) is 0 Å². The van der Waals surface area contributed by atoms with E-state index >= 15 is 0 Å². The van der Waals surface area contributed by atoms with Gasteiger partial charge in [-0.1, -0.05) is 30.7 Å². The van der Waals surface area contributed by atoms with E-state index in [0.29, 0.717) is 28.2 Å². The Balaban J connectivity index is 1.71. The SMILES string of the molecule is CCC(OC(=O)c1ccc2ncoc2c1)C(=O)Nc1ccccc1Cl. The quantitative estimate of drug-likeness (QED) is 0.696. The molecule has 0 saturated carbocycles. The van der Waals surface area contributed by atoms with Gasteiger partial charge in [-0.15, -0.1) is 0 Å². The molecule has 0 radical (unpaired) electrons. The minimum absolute atomic E-state index is 0.285. The topological polar surface area (TPSA) is 81.4 Å². The minimum Gasteiger partial charge on any atom is -0.449 e. The molecule has 2 aromatic carbocycles. The average Bonchev–Trinajstić information content (AvgIpc) is 3.09. The number of oxazole rings is 1. The summed E-state index contributed by atoms with van der Waals surface area (Å²) in [4.78, 5) is 28.7. The standard InChI is InChI=1S/C18H15ClN2O4/c1-2-15(17(22)21-13-6-4-3-5-12(13)19)25-18(23)11-7-8-14-16(9-11)24-10-20-14/h3-10,15H,2H2,1H3,(H,21,22). The van der Waals surface area contributed by atoms with Crippen LogP contribution < -0.4 is 5.32 Å². The van der Waals surface area contributed by atoms with Gasteiger partial charge >= 0.3 is 5.97 Å². The van der Waals surface area contributed by atoms with Gasteiger partial charge in [0.25, 0.3) is 5.91 Å². The van der Waals surface area contributed by atoms with Crippen LogP contribution in [0.5, 0.6) is 0 Å². The molecule has 1 aromatic heterocycles. The lowest BCUT2D eigenvalue weighted by molar-refractivity contribution is -0.124. The number of ether oxygens (including phenoxy) is 1. The molecule has 0 aliphatic rings. The van der Waals surface area contributed by atoms with Gasteiger partial charge in [-0.05, 0) is 36.8 Å². The Kier molecular flexibility index (Phi) is 5.00. The number of rotatable bonds is 5. The second-order valence-electron chi connectivity index (χ2n) is 5.31. The summed E-state index contributed by atoms with van der Waals surface area (Å²) in [6.45, 7) is 1.75. The second kappa shape index (κ2) is 7.36. The van der Waals surface area contributed by atoms with Crippen LogP contribution in [0, 0.1) is 0 Å². The highest BCUT2D eigenvalue weighted by atomic mass is 35.5. The number of hydrogen-bond donors (Lipinski definition) is 1. The number of benzene rings is 2. The van der Waals surface area contributed by atoms with Crippen molar-refractivity contribution in [1.82, 2.24) is 4.98 Å². The van der Waals surface area contributed by atoms with Crippen molar-refractivity contribution in [2.24, 2.45) is 0 Å². The first kappa shape index (κ1) is 17.0. The van der Waals surface area contributed by atoms with Crippen LogP contribution in [0.1, 0.15) is 23.7 Å². The summed E-state index contributed by atoms with van der Waals surface area (Å²) in [6.07, 6.45) is 0.687. The zero-order chi connectivity index (χ0) is 17.8. The summed E-state index contributed by atoms with van der Waals surface area (Å²) in [7, 11) is 0. The predicted molar refractivity (Wildman–Crippen MR) is 93.6 cm³/mol. The first-order valence-corrected chi connectivity index (χ1v) is 8.06. The van der Waals surface area contributed by atoms with Crippen molar-refractivity contribution in [3.05, 3.63) is 59.4 Å². The molecule has 0 aliphatic heterocycles. The van der Waals surface area contributed by atoms with Crippen molar-refractivity contribution in [3.63, 3.8) is 0 Å². The molecule has 1 unspecified atom stereocenters. The number of aromatic nitrogens is 1. The highest BCUT2D eigenvalue weighted by Crippen LogP contribution is 2.21. The number of anilines is 1. The minimum atomic E-state index is -0.936. The summed E-state index contributed by atoms with van der Waals surface area (Å²) in [6, 6.07) is 11.6. The molecule has 0 fully saturated rings. The van der Waals surface area contributed by atoms with Crippen molar-refractivity contribution in [2.45, 2.75) is 19.4 Å². The molecule has 0 spiro atoms. The fraction of sp³-hybridized carbons (Fsp3) is 0.167. The van der Waals surface area contributed by atoms with Crippen LogP contribution >= 0.6 is 11.6 Å². The van der Waals surface area contributed by atoms with Crippen LogP contribution in [0.2, 0.25) is 5.02 Å². The third kappa shape index (κ3) is 3.80. The lowest BCUT2D eigenvalue weighted by Gasteiger charge is -2.16. The molecule has 0 saturated heterocycles. The highest BCUT2D eigenvalue weighted by Gasteiger charge is 2.23. The molecule has 1 N–H and O–H groups in total. The van der Waals surface area contributed by atoms with E-state index in [1.807, 2.05) is 0 Å². The number of esters is 1. The van der Waals surface area contributed by atoms with Gasteiger partial charge in [0.15, 0.2) is 18.1 Å². The molecule has 25 heavy (non-hydrogen) atoms. The van der Waals surface area contributed by atoms with E-state index in [1.165, 1.54) is 12.5 Å². The van der Waals surface area contributed by atoms with Crippen LogP contribution in [0.4, 0.5) is 5.69 Å². The Morgan fingerprint density at radius 2 is 2.08 bits per heavy atom. The smallest absolute Gasteiger partial charge is 0.339 e. The molecular weight excluding hydrogens is 344 g/mol. The lowest BCUT2D eigenvalue weighted by atomic mass is 10.2. The summed E-state index contributed by atoms with van der Waals surface area (Å²) >= 11 is 6.02. The Bertz CT molecular complexity index is 922. The van der Waals surface area contributed by atoms with E-state index in [4.69, 9.17) is 20.8 Å². The third-order valence-corrected chi connectivity index (χ3v) is 3.94. The maximum absolute atomic E-state index is 12.4. The number of nitrogens with one attached hydrogen (secondary N) is 1. The molecule has 128 valence electrons. The molecule has 0 aliphatic carbocycles. The summed E-state index contributed by atoms with van der Waals surface area (Å²) < 4.78 is 10.5. The van der Waals surface area contributed by atoms with E-state index in [-0.39, 0.29) is 5.56 Å². The van der Waals surface area contributed by atoms with Crippen molar-refractivity contribution in [3.8, 4) is 0 Å². The molecule has 0 bridgehead atoms. The number of para-hydroxylation sites is 1. The Morgan fingerprint density at radius 3 is 2.84 bits per heavy atom. The normalized spacial score (nSPS) is 11.9. The lowest BCUT2D eigenvalue weighted by Crippen LogP contribution is -2.32. The number of carbonyl (C=O) groups excluding carboxylic acids is 2. The second-order valence-corrected chi connectivity index (χ2v) is 5.71. The third-order valence-electron chi connectivity index (χ3n) is 3.61. The largest absolute Gasteiger partial charge is 0.449 e.